The fraction of sp³-hybridized carbons (Fsp3) is 0.300. The Hall–Kier alpha value is -1.77. The van der Waals surface area contributed by atoms with E-state index in [0.29, 0.717) is 0 Å². The SMILES string of the molecule is CC(NC(=O)c1cccnc1SC(F)(F)F)C(=O)O. The smallest absolute Gasteiger partial charge is 0.447 e. The van der Waals surface area contributed by atoms with Crippen molar-refractivity contribution < 1.29 is 27.9 Å². The topological polar surface area (TPSA) is 79.3 Å². The van der Waals surface area contributed by atoms with Crippen molar-refractivity contribution in [2.24, 2.45) is 0 Å². The highest BCUT2D eigenvalue weighted by Crippen LogP contribution is 2.37. The Morgan fingerprint density at radius 3 is 2.63 bits per heavy atom. The highest BCUT2D eigenvalue weighted by molar-refractivity contribution is 8.00. The summed E-state index contributed by atoms with van der Waals surface area (Å²) in [6, 6.07) is 1.22. The van der Waals surface area contributed by atoms with Crippen molar-refractivity contribution in [3.63, 3.8) is 0 Å². The largest absolute Gasteiger partial charge is 0.480 e. The van der Waals surface area contributed by atoms with Gasteiger partial charge < -0.3 is 10.4 Å². The van der Waals surface area contributed by atoms with Crippen LogP contribution in [0.1, 0.15) is 17.3 Å². The van der Waals surface area contributed by atoms with Gasteiger partial charge in [0.25, 0.3) is 5.91 Å². The molecular weight excluding hydrogens is 285 g/mol. The molecule has 1 unspecified atom stereocenters. The molecular formula is C10H9F3N2O3S. The minimum absolute atomic E-state index is 0.321. The standard InChI is InChI=1S/C10H9F3N2O3S/c1-5(9(17)18)15-7(16)6-3-2-4-14-8(6)19-10(11,12)13/h2-5H,1H3,(H,15,16)(H,17,18). The van der Waals surface area contributed by atoms with E-state index in [-0.39, 0.29) is 5.56 Å². The van der Waals surface area contributed by atoms with Crippen molar-refractivity contribution in [1.29, 1.82) is 0 Å². The molecule has 1 aromatic heterocycles. The maximum absolute atomic E-state index is 12.3. The van der Waals surface area contributed by atoms with Gasteiger partial charge in [0, 0.05) is 18.0 Å². The van der Waals surface area contributed by atoms with Gasteiger partial charge in [0.1, 0.15) is 11.1 Å². The lowest BCUT2D eigenvalue weighted by Gasteiger charge is -2.12. The van der Waals surface area contributed by atoms with Gasteiger partial charge in [0.15, 0.2) is 0 Å². The van der Waals surface area contributed by atoms with Crippen LogP contribution in [0.15, 0.2) is 23.4 Å². The third-order valence-electron chi connectivity index (χ3n) is 1.95. The Morgan fingerprint density at radius 2 is 2.11 bits per heavy atom. The summed E-state index contributed by atoms with van der Waals surface area (Å²) in [7, 11) is 0. The van der Waals surface area contributed by atoms with Gasteiger partial charge in [-0.1, -0.05) is 0 Å². The molecule has 1 rings (SSSR count). The van der Waals surface area contributed by atoms with Gasteiger partial charge in [-0.25, -0.2) is 4.98 Å². The van der Waals surface area contributed by atoms with E-state index in [9.17, 15) is 22.8 Å². The number of hydrogen-bond acceptors (Lipinski definition) is 4. The van der Waals surface area contributed by atoms with Gasteiger partial charge in [0.2, 0.25) is 0 Å². The first-order chi connectivity index (χ1) is 8.70. The number of alkyl halides is 3. The Bertz CT molecular complexity index is 493. The number of halogens is 3. The van der Waals surface area contributed by atoms with Crippen molar-refractivity contribution in [3.05, 3.63) is 23.9 Å². The molecule has 1 heterocycles. The average Bonchev–Trinajstić information content (AvgIpc) is 2.27. The predicted octanol–water partition coefficient (Wildman–Crippen LogP) is 1.90. The molecule has 0 saturated heterocycles. The number of aliphatic carboxylic acids is 1. The van der Waals surface area contributed by atoms with E-state index in [2.05, 4.69) is 10.3 Å². The minimum Gasteiger partial charge on any atom is -0.480 e. The van der Waals surface area contributed by atoms with Crippen LogP contribution >= 0.6 is 11.8 Å². The number of hydrogen-bond donors (Lipinski definition) is 2. The van der Waals surface area contributed by atoms with Gasteiger partial charge in [0.05, 0.1) is 5.56 Å². The Balaban J connectivity index is 2.94. The second kappa shape index (κ2) is 5.91. The van der Waals surface area contributed by atoms with Gasteiger partial charge in [-0.2, -0.15) is 13.2 Å². The van der Waals surface area contributed by atoms with Gasteiger partial charge >= 0.3 is 11.5 Å². The third kappa shape index (κ3) is 4.78. The minimum atomic E-state index is -4.58. The van der Waals surface area contributed by atoms with Crippen molar-refractivity contribution in [2.75, 3.05) is 0 Å². The molecule has 0 aliphatic rings. The van der Waals surface area contributed by atoms with Gasteiger partial charge in [-0.05, 0) is 19.1 Å². The summed E-state index contributed by atoms with van der Waals surface area (Å²) >= 11 is -0.528. The fourth-order valence-electron chi connectivity index (χ4n) is 1.09. The van der Waals surface area contributed by atoms with Crippen LogP contribution in [-0.4, -0.2) is 33.5 Å². The first kappa shape index (κ1) is 15.3. The highest BCUT2D eigenvalue weighted by atomic mass is 32.2. The Morgan fingerprint density at radius 1 is 1.47 bits per heavy atom. The lowest BCUT2D eigenvalue weighted by Crippen LogP contribution is -2.38. The van der Waals surface area contributed by atoms with Gasteiger partial charge in [-0.3, -0.25) is 9.59 Å². The molecule has 0 aliphatic carbocycles. The molecule has 0 bridgehead atoms. The van der Waals surface area contributed by atoms with E-state index < -0.39 is 40.2 Å². The summed E-state index contributed by atoms with van der Waals surface area (Å²) in [6.07, 6.45) is 1.12. The first-order valence-electron chi connectivity index (χ1n) is 4.95. The second-order valence-corrected chi connectivity index (χ2v) is 4.49. The predicted molar refractivity (Wildman–Crippen MR) is 60.7 cm³/mol. The number of aromatic nitrogens is 1. The van der Waals surface area contributed by atoms with Crippen LogP contribution in [0.2, 0.25) is 0 Å². The first-order valence-corrected chi connectivity index (χ1v) is 5.77. The normalized spacial score (nSPS) is 12.8. The molecule has 5 nitrogen and oxygen atoms in total. The zero-order valence-electron chi connectivity index (χ0n) is 9.56. The highest BCUT2D eigenvalue weighted by Gasteiger charge is 2.32. The summed E-state index contributed by atoms with van der Waals surface area (Å²) in [6.45, 7) is 1.20. The number of carbonyl (C=O) groups excluding carboxylic acids is 1. The molecule has 2 N–H and O–H groups in total. The molecule has 0 radical (unpaired) electrons. The molecule has 9 heteroatoms. The Kier molecular flexibility index (Phi) is 4.76. The number of nitrogens with zero attached hydrogens (tertiary/aromatic N) is 1. The Labute approximate surface area is 110 Å². The summed E-state index contributed by atoms with van der Waals surface area (Å²) < 4.78 is 36.8. The molecule has 104 valence electrons. The molecule has 0 fully saturated rings. The van der Waals surface area contributed by atoms with Crippen LogP contribution in [0.25, 0.3) is 0 Å². The fourth-order valence-corrected chi connectivity index (χ4v) is 1.69. The number of pyridine rings is 1. The number of amides is 1. The van der Waals surface area contributed by atoms with Crippen molar-refractivity contribution in [1.82, 2.24) is 10.3 Å². The number of thioether (sulfide) groups is 1. The lowest BCUT2D eigenvalue weighted by atomic mass is 10.2. The monoisotopic (exact) mass is 294 g/mol. The molecule has 1 amide bonds. The van der Waals surface area contributed by atoms with E-state index in [1.165, 1.54) is 13.0 Å². The third-order valence-corrected chi connectivity index (χ3v) is 2.70. The molecule has 0 saturated carbocycles. The van der Waals surface area contributed by atoms with E-state index in [0.717, 1.165) is 12.3 Å². The maximum atomic E-state index is 12.3. The molecule has 0 aromatic carbocycles. The molecule has 1 aromatic rings. The van der Waals surface area contributed by atoms with Crippen LogP contribution < -0.4 is 5.32 Å². The van der Waals surface area contributed by atoms with Crippen molar-refractivity contribution in [2.45, 2.75) is 23.5 Å². The molecule has 1 atom stereocenters. The van der Waals surface area contributed by atoms with Crippen LogP contribution in [0.4, 0.5) is 13.2 Å². The number of rotatable bonds is 4. The van der Waals surface area contributed by atoms with E-state index >= 15 is 0 Å². The van der Waals surface area contributed by atoms with E-state index in [4.69, 9.17) is 5.11 Å². The zero-order chi connectivity index (χ0) is 14.6. The summed E-state index contributed by atoms with van der Waals surface area (Å²) in [5.74, 6) is -2.21. The molecule has 0 spiro atoms. The molecule has 19 heavy (non-hydrogen) atoms. The number of carboxylic acid groups (broad SMARTS) is 1. The number of carbonyl (C=O) groups is 2. The average molecular weight is 294 g/mol. The van der Waals surface area contributed by atoms with E-state index in [1.807, 2.05) is 0 Å². The lowest BCUT2D eigenvalue weighted by molar-refractivity contribution is -0.138. The van der Waals surface area contributed by atoms with Crippen LogP contribution in [0, 0.1) is 0 Å². The van der Waals surface area contributed by atoms with Crippen LogP contribution in [0.5, 0.6) is 0 Å². The van der Waals surface area contributed by atoms with Gasteiger partial charge in [-0.15, -0.1) is 0 Å². The summed E-state index contributed by atoms with van der Waals surface area (Å²) in [4.78, 5) is 25.7. The number of carboxylic acids is 1. The maximum Gasteiger partial charge on any atom is 0.447 e. The van der Waals surface area contributed by atoms with Crippen molar-refractivity contribution >= 4 is 23.6 Å². The quantitative estimate of drug-likeness (QED) is 0.829. The second-order valence-electron chi connectivity index (χ2n) is 3.44. The van der Waals surface area contributed by atoms with Crippen LogP contribution in [0.3, 0.4) is 0 Å². The zero-order valence-corrected chi connectivity index (χ0v) is 10.4. The summed E-state index contributed by atoms with van der Waals surface area (Å²) in [5, 5.41) is 10.2. The summed E-state index contributed by atoms with van der Waals surface area (Å²) in [5.41, 5.74) is -4.90. The van der Waals surface area contributed by atoms with E-state index in [1.54, 1.807) is 0 Å². The van der Waals surface area contributed by atoms with Crippen LogP contribution in [-0.2, 0) is 4.79 Å². The van der Waals surface area contributed by atoms with Crippen molar-refractivity contribution in [3.8, 4) is 0 Å². The number of nitrogens with one attached hydrogen (secondary N) is 1. The molecule has 0 aliphatic heterocycles.